The molecule has 0 fully saturated rings. The fraction of sp³-hybridized carbons (Fsp3) is 0.375. The van der Waals surface area contributed by atoms with Crippen molar-refractivity contribution < 1.29 is 0 Å². The molecule has 0 aliphatic heterocycles. The van der Waals surface area contributed by atoms with Crippen LogP contribution in [0.1, 0.15) is 30.2 Å². The molecular weight excluding hydrogens is 248 g/mol. The van der Waals surface area contributed by atoms with Crippen LogP contribution in [0.4, 0.5) is 17.5 Å². The molecule has 2 rings (SSSR count). The summed E-state index contributed by atoms with van der Waals surface area (Å²) in [5.74, 6) is 1.50. The molecule has 0 spiro atoms. The molecule has 1 aromatic carbocycles. The van der Waals surface area contributed by atoms with Gasteiger partial charge in [-0.3, -0.25) is 0 Å². The lowest BCUT2D eigenvalue weighted by molar-refractivity contribution is 0.947. The van der Waals surface area contributed by atoms with Gasteiger partial charge in [-0.05, 0) is 38.8 Å². The average molecular weight is 270 g/mol. The van der Waals surface area contributed by atoms with Gasteiger partial charge in [0, 0.05) is 24.0 Å². The summed E-state index contributed by atoms with van der Waals surface area (Å²) < 4.78 is 0. The van der Waals surface area contributed by atoms with Crippen LogP contribution < -0.4 is 10.6 Å². The number of hydrogen-bond acceptors (Lipinski definition) is 4. The van der Waals surface area contributed by atoms with E-state index in [0.29, 0.717) is 5.95 Å². The van der Waals surface area contributed by atoms with Crippen LogP contribution in [0.25, 0.3) is 0 Å². The third-order valence-corrected chi connectivity index (χ3v) is 3.03. The number of anilines is 3. The van der Waals surface area contributed by atoms with Gasteiger partial charge in [-0.2, -0.15) is 4.98 Å². The van der Waals surface area contributed by atoms with Crippen LogP contribution in [-0.2, 0) is 0 Å². The highest BCUT2D eigenvalue weighted by Gasteiger charge is 2.04. The molecule has 20 heavy (non-hydrogen) atoms. The quantitative estimate of drug-likeness (QED) is 0.863. The summed E-state index contributed by atoms with van der Waals surface area (Å²) in [7, 11) is 0. The molecule has 0 atom stereocenters. The fourth-order valence-corrected chi connectivity index (χ4v) is 2.04. The molecule has 0 unspecified atom stereocenters. The van der Waals surface area contributed by atoms with Gasteiger partial charge in [0.05, 0.1) is 0 Å². The Morgan fingerprint density at radius 2 is 1.85 bits per heavy atom. The summed E-state index contributed by atoms with van der Waals surface area (Å²) in [5.41, 5.74) is 4.50. The number of aromatic nitrogens is 2. The predicted octanol–water partition coefficient (Wildman–Crippen LogP) is 3.97. The third kappa shape index (κ3) is 3.70. The van der Waals surface area contributed by atoms with Crippen LogP contribution >= 0.6 is 0 Å². The Labute approximate surface area is 120 Å². The average Bonchev–Trinajstić information content (AvgIpc) is 2.39. The van der Waals surface area contributed by atoms with Gasteiger partial charge in [-0.1, -0.05) is 24.6 Å². The van der Waals surface area contributed by atoms with E-state index in [2.05, 4.69) is 59.6 Å². The summed E-state index contributed by atoms with van der Waals surface area (Å²) in [6.07, 6.45) is 1.05. The molecule has 4 nitrogen and oxygen atoms in total. The maximum Gasteiger partial charge on any atom is 0.224 e. The van der Waals surface area contributed by atoms with Crippen molar-refractivity contribution >= 4 is 17.5 Å². The molecule has 0 saturated carbocycles. The second kappa shape index (κ2) is 6.37. The highest BCUT2D eigenvalue weighted by Crippen LogP contribution is 2.21. The molecule has 4 heteroatoms. The summed E-state index contributed by atoms with van der Waals surface area (Å²) in [6, 6.07) is 8.30. The molecule has 1 aromatic heterocycles. The Hall–Kier alpha value is -2.10. The Bertz CT molecular complexity index is 593. The van der Waals surface area contributed by atoms with E-state index >= 15 is 0 Å². The van der Waals surface area contributed by atoms with Gasteiger partial charge >= 0.3 is 0 Å². The highest BCUT2D eigenvalue weighted by molar-refractivity contribution is 5.61. The zero-order valence-electron chi connectivity index (χ0n) is 12.6. The van der Waals surface area contributed by atoms with Gasteiger partial charge in [0.2, 0.25) is 5.95 Å². The maximum absolute atomic E-state index is 4.50. The first-order valence-electron chi connectivity index (χ1n) is 7.02. The minimum absolute atomic E-state index is 0.680. The van der Waals surface area contributed by atoms with Crippen molar-refractivity contribution in [1.29, 1.82) is 0 Å². The van der Waals surface area contributed by atoms with Crippen LogP contribution in [0, 0.1) is 20.8 Å². The van der Waals surface area contributed by atoms with Crippen LogP contribution in [0.15, 0.2) is 24.3 Å². The number of nitrogens with one attached hydrogen (secondary N) is 2. The van der Waals surface area contributed by atoms with E-state index in [1.165, 1.54) is 11.1 Å². The first-order chi connectivity index (χ1) is 9.58. The van der Waals surface area contributed by atoms with Gasteiger partial charge in [0.25, 0.3) is 0 Å². The van der Waals surface area contributed by atoms with Gasteiger partial charge in [0.15, 0.2) is 0 Å². The molecule has 2 N–H and O–H groups in total. The van der Waals surface area contributed by atoms with Gasteiger partial charge in [-0.15, -0.1) is 0 Å². The van der Waals surface area contributed by atoms with Crippen molar-refractivity contribution in [3.8, 4) is 0 Å². The van der Waals surface area contributed by atoms with E-state index in [9.17, 15) is 0 Å². The Morgan fingerprint density at radius 1 is 1.05 bits per heavy atom. The molecule has 0 radical (unpaired) electrons. The lowest BCUT2D eigenvalue weighted by Gasteiger charge is -2.11. The van der Waals surface area contributed by atoms with E-state index in [4.69, 9.17) is 0 Å². The second-order valence-electron chi connectivity index (χ2n) is 5.09. The topological polar surface area (TPSA) is 49.8 Å². The SMILES string of the molecule is CCCNc1nc(C)cc(Nc2ccc(C)cc2C)n1. The maximum atomic E-state index is 4.50. The molecule has 0 amide bonds. The standard InChI is InChI=1S/C16H22N4/c1-5-8-17-16-18-13(4)10-15(20-16)19-14-7-6-11(2)9-12(14)3/h6-7,9-10H,5,8H2,1-4H3,(H2,17,18,19,20). The second-order valence-corrected chi connectivity index (χ2v) is 5.09. The van der Waals surface area contributed by atoms with Crippen molar-refractivity contribution in [1.82, 2.24) is 9.97 Å². The van der Waals surface area contributed by atoms with Gasteiger partial charge < -0.3 is 10.6 Å². The summed E-state index contributed by atoms with van der Waals surface area (Å²) in [5, 5.41) is 6.59. The Morgan fingerprint density at radius 3 is 2.55 bits per heavy atom. The van der Waals surface area contributed by atoms with Crippen LogP contribution in [0.3, 0.4) is 0 Å². The van der Waals surface area contributed by atoms with Gasteiger partial charge in [0.1, 0.15) is 5.82 Å². The number of benzene rings is 1. The predicted molar refractivity (Wildman–Crippen MR) is 84.7 cm³/mol. The molecule has 0 bridgehead atoms. The molecule has 0 saturated heterocycles. The molecule has 0 aliphatic carbocycles. The summed E-state index contributed by atoms with van der Waals surface area (Å²) >= 11 is 0. The number of nitrogens with zero attached hydrogens (tertiary/aromatic N) is 2. The minimum Gasteiger partial charge on any atom is -0.354 e. The Balaban J connectivity index is 2.21. The van der Waals surface area contributed by atoms with Crippen LogP contribution in [-0.4, -0.2) is 16.5 Å². The lowest BCUT2D eigenvalue weighted by Crippen LogP contribution is -2.07. The van der Waals surface area contributed by atoms with E-state index in [1.54, 1.807) is 0 Å². The van der Waals surface area contributed by atoms with Crippen molar-refractivity contribution in [3.05, 3.63) is 41.1 Å². The van der Waals surface area contributed by atoms with Crippen LogP contribution in [0.2, 0.25) is 0 Å². The minimum atomic E-state index is 0.680. The zero-order valence-corrected chi connectivity index (χ0v) is 12.6. The number of hydrogen-bond donors (Lipinski definition) is 2. The smallest absolute Gasteiger partial charge is 0.224 e. The van der Waals surface area contributed by atoms with E-state index < -0.39 is 0 Å². The number of rotatable bonds is 5. The normalized spacial score (nSPS) is 10.4. The van der Waals surface area contributed by atoms with Crippen molar-refractivity contribution in [3.63, 3.8) is 0 Å². The zero-order chi connectivity index (χ0) is 14.5. The van der Waals surface area contributed by atoms with E-state index in [0.717, 1.165) is 30.2 Å². The first kappa shape index (κ1) is 14.3. The van der Waals surface area contributed by atoms with Crippen molar-refractivity contribution in [2.75, 3.05) is 17.2 Å². The molecule has 106 valence electrons. The fourth-order valence-electron chi connectivity index (χ4n) is 2.04. The van der Waals surface area contributed by atoms with Crippen LogP contribution in [0.5, 0.6) is 0 Å². The van der Waals surface area contributed by atoms with Gasteiger partial charge in [-0.25, -0.2) is 4.98 Å². The third-order valence-electron chi connectivity index (χ3n) is 3.03. The molecule has 1 heterocycles. The first-order valence-corrected chi connectivity index (χ1v) is 7.02. The Kier molecular flexibility index (Phi) is 4.56. The molecule has 2 aromatic rings. The van der Waals surface area contributed by atoms with Crippen molar-refractivity contribution in [2.24, 2.45) is 0 Å². The van der Waals surface area contributed by atoms with E-state index in [-0.39, 0.29) is 0 Å². The number of aryl methyl sites for hydroxylation is 3. The van der Waals surface area contributed by atoms with Crippen molar-refractivity contribution in [2.45, 2.75) is 34.1 Å². The lowest BCUT2D eigenvalue weighted by atomic mass is 10.1. The largest absolute Gasteiger partial charge is 0.354 e. The summed E-state index contributed by atoms with van der Waals surface area (Å²) in [4.78, 5) is 8.88. The van der Waals surface area contributed by atoms with E-state index in [1.807, 2.05) is 13.0 Å². The summed E-state index contributed by atoms with van der Waals surface area (Å²) in [6.45, 7) is 9.17. The monoisotopic (exact) mass is 270 g/mol. The highest BCUT2D eigenvalue weighted by atomic mass is 15.1. The molecular formula is C16H22N4. The molecule has 0 aliphatic rings.